The van der Waals surface area contributed by atoms with Gasteiger partial charge in [0.25, 0.3) is 0 Å². The molecule has 0 aliphatic carbocycles. The molecule has 0 atom stereocenters. The van der Waals surface area contributed by atoms with E-state index >= 15 is 0 Å². The molecule has 1 saturated heterocycles. The summed E-state index contributed by atoms with van der Waals surface area (Å²) in [5.74, 6) is 0.882. The molecule has 0 spiro atoms. The van der Waals surface area contributed by atoms with Crippen molar-refractivity contribution in [1.82, 2.24) is 13.9 Å². The van der Waals surface area contributed by atoms with Crippen LogP contribution in [0.1, 0.15) is 52.9 Å². The van der Waals surface area contributed by atoms with Crippen LogP contribution in [0.3, 0.4) is 0 Å². The van der Waals surface area contributed by atoms with Crippen LogP contribution >= 0.6 is 11.8 Å². The lowest BCUT2D eigenvalue weighted by Crippen LogP contribution is -2.35. The van der Waals surface area contributed by atoms with Crippen molar-refractivity contribution in [3.05, 3.63) is 18.2 Å². The van der Waals surface area contributed by atoms with Crippen LogP contribution in [0.4, 0.5) is 0 Å². The molecular weight excluding hydrogens is 404 g/mol. The van der Waals surface area contributed by atoms with Crippen molar-refractivity contribution in [1.29, 1.82) is 5.26 Å². The zero-order valence-electron chi connectivity index (χ0n) is 17.5. The maximum Gasteiger partial charge on any atom is 0.243 e. The van der Waals surface area contributed by atoms with E-state index in [4.69, 9.17) is 10.2 Å². The lowest BCUT2D eigenvalue weighted by Gasteiger charge is -2.25. The van der Waals surface area contributed by atoms with Crippen molar-refractivity contribution in [3.8, 4) is 6.07 Å². The minimum atomic E-state index is -3.46. The summed E-state index contributed by atoms with van der Waals surface area (Å²) in [6, 6.07) is 7.65. The number of aromatic nitrogens is 2. The van der Waals surface area contributed by atoms with Crippen molar-refractivity contribution in [2.45, 2.75) is 69.5 Å². The lowest BCUT2D eigenvalue weighted by atomic mass is 9.90. The molecule has 1 aromatic heterocycles. The minimum absolute atomic E-state index is 0.302. The molecule has 29 heavy (non-hydrogen) atoms. The van der Waals surface area contributed by atoms with Gasteiger partial charge in [-0.25, -0.2) is 13.4 Å². The molecule has 0 radical (unpaired) electrons. The number of sulfonamides is 1. The number of imidazole rings is 1. The molecule has 0 bridgehead atoms. The molecule has 8 heteroatoms. The van der Waals surface area contributed by atoms with E-state index in [1.54, 1.807) is 28.2 Å². The van der Waals surface area contributed by atoms with Gasteiger partial charge >= 0.3 is 0 Å². The molecule has 0 N–H and O–H groups in total. The fraction of sp³-hybridized carbons (Fsp3) is 0.619. The third-order valence-corrected chi connectivity index (χ3v) is 8.39. The lowest BCUT2D eigenvalue weighted by molar-refractivity contribution is 0.346. The molecule has 1 fully saturated rings. The monoisotopic (exact) mass is 434 g/mol. The summed E-state index contributed by atoms with van der Waals surface area (Å²) in [6.07, 6.45) is 4.73. The second-order valence-corrected chi connectivity index (χ2v) is 11.2. The number of rotatable bonds is 8. The van der Waals surface area contributed by atoms with Crippen LogP contribution in [0.25, 0.3) is 11.0 Å². The molecule has 1 aliphatic rings. The Morgan fingerprint density at radius 1 is 1.24 bits per heavy atom. The molecule has 0 saturated carbocycles. The van der Waals surface area contributed by atoms with Gasteiger partial charge in [0, 0.05) is 25.4 Å². The van der Waals surface area contributed by atoms with Gasteiger partial charge in [-0.05, 0) is 64.7 Å². The summed E-state index contributed by atoms with van der Waals surface area (Å²) in [5, 5.41) is 10.1. The van der Waals surface area contributed by atoms with E-state index in [1.807, 2.05) is 19.9 Å². The topological polar surface area (TPSA) is 79.0 Å². The SMILES string of the molecule is CCn1c(SCCCC(C)(C)C#N)nc2cc(S(=O)(=O)N3CCCCC3)ccc21. The van der Waals surface area contributed by atoms with Gasteiger partial charge in [-0.3, -0.25) is 0 Å². The highest BCUT2D eigenvalue weighted by molar-refractivity contribution is 7.99. The standard InChI is InChI=1S/C21H30N4O2S2/c1-4-25-19-10-9-17(29(26,27)24-12-6-5-7-13-24)15-18(19)23-20(25)28-14-8-11-21(2,3)16-22/h9-10,15H,4-8,11-14H2,1-3H3. The molecular formula is C21H30N4O2S2. The zero-order chi connectivity index (χ0) is 21.1. The van der Waals surface area contributed by atoms with Crippen molar-refractivity contribution < 1.29 is 8.42 Å². The van der Waals surface area contributed by atoms with Gasteiger partial charge in [0.1, 0.15) is 0 Å². The van der Waals surface area contributed by atoms with E-state index < -0.39 is 10.0 Å². The Hall–Kier alpha value is -1.56. The predicted molar refractivity (Wildman–Crippen MR) is 117 cm³/mol. The van der Waals surface area contributed by atoms with Crippen LogP contribution in [-0.4, -0.2) is 41.1 Å². The average molecular weight is 435 g/mol. The highest BCUT2D eigenvalue weighted by atomic mass is 32.2. The summed E-state index contributed by atoms with van der Waals surface area (Å²) in [6.45, 7) is 7.98. The highest BCUT2D eigenvalue weighted by Crippen LogP contribution is 2.29. The van der Waals surface area contributed by atoms with Crippen LogP contribution in [0.2, 0.25) is 0 Å². The van der Waals surface area contributed by atoms with E-state index in [-0.39, 0.29) is 5.41 Å². The number of aryl methyl sites for hydroxylation is 1. The molecule has 1 aliphatic heterocycles. The third-order valence-electron chi connectivity index (χ3n) is 5.43. The molecule has 0 amide bonds. The van der Waals surface area contributed by atoms with E-state index in [0.717, 1.165) is 60.6 Å². The van der Waals surface area contributed by atoms with Gasteiger partial charge in [-0.2, -0.15) is 9.57 Å². The Labute approximate surface area is 178 Å². The summed E-state index contributed by atoms with van der Waals surface area (Å²) >= 11 is 1.67. The molecule has 158 valence electrons. The summed E-state index contributed by atoms with van der Waals surface area (Å²) in [7, 11) is -3.46. The number of thioether (sulfide) groups is 1. The first-order valence-electron chi connectivity index (χ1n) is 10.3. The maximum absolute atomic E-state index is 13.0. The third kappa shape index (κ3) is 4.96. The maximum atomic E-state index is 13.0. The second-order valence-electron chi connectivity index (χ2n) is 8.20. The molecule has 2 heterocycles. The first kappa shape index (κ1) is 22.1. The zero-order valence-corrected chi connectivity index (χ0v) is 19.2. The number of hydrogen-bond donors (Lipinski definition) is 0. The summed E-state index contributed by atoms with van der Waals surface area (Å²) < 4.78 is 29.7. The van der Waals surface area contributed by atoms with E-state index in [1.165, 1.54) is 0 Å². The summed E-state index contributed by atoms with van der Waals surface area (Å²) in [5.41, 5.74) is 1.39. The Morgan fingerprint density at radius 2 is 1.97 bits per heavy atom. The van der Waals surface area contributed by atoms with Crippen LogP contribution in [-0.2, 0) is 16.6 Å². The van der Waals surface area contributed by atoms with Gasteiger partial charge < -0.3 is 4.57 Å². The minimum Gasteiger partial charge on any atom is -0.319 e. The first-order chi connectivity index (χ1) is 13.8. The molecule has 1 aromatic carbocycles. The van der Waals surface area contributed by atoms with Gasteiger partial charge in [0.05, 0.1) is 27.4 Å². The van der Waals surface area contributed by atoms with Gasteiger partial charge in [-0.1, -0.05) is 18.2 Å². The normalized spacial score (nSPS) is 16.2. The number of nitrogens with zero attached hydrogens (tertiary/aromatic N) is 4. The van der Waals surface area contributed by atoms with Crippen molar-refractivity contribution in [2.75, 3.05) is 18.8 Å². The smallest absolute Gasteiger partial charge is 0.243 e. The average Bonchev–Trinajstić information content (AvgIpc) is 3.08. The number of nitriles is 1. The molecule has 6 nitrogen and oxygen atoms in total. The van der Waals surface area contributed by atoms with E-state index in [9.17, 15) is 8.42 Å². The Bertz CT molecular complexity index is 1000. The number of piperidine rings is 1. The van der Waals surface area contributed by atoms with Crippen molar-refractivity contribution in [3.63, 3.8) is 0 Å². The quantitative estimate of drug-likeness (QED) is 0.446. The Kier molecular flexibility index (Phi) is 6.92. The molecule has 0 unspecified atom stereocenters. The fourth-order valence-electron chi connectivity index (χ4n) is 3.65. The number of fused-ring (bicyclic) bond motifs is 1. The van der Waals surface area contributed by atoms with Crippen LogP contribution < -0.4 is 0 Å². The van der Waals surface area contributed by atoms with Crippen LogP contribution in [0.15, 0.2) is 28.3 Å². The predicted octanol–water partition coefficient (Wildman–Crippen LogP) is 4.65. The van der Waals surface area contributed by atoms with Gasteiger partial charge in [0.2, 0.25) is 10.0 Å². The number of hydrogen-bond acceptors (Lipinski definition) is 5. The molecule has 3 rings (SSSR count). The van der Waals surface area contributed by atoms with Crippen LogP contribution in [0.5, 0.6) is 0 Å². The second kappa shape index (κ2) is 9.07. The van der Waals surface area contributed by atoms with Crippen LogP contribution in [0, 0.1) is 16.7 Å². The van der Waals surface area contributed by atoms with Crippen molar-refractivity contribution >= 4 is 32.8 Å². The van der Waals surface area contributed by atoms with Crippen molar-refractivity contribution in [2.24, 2.45) is 5.41 Å². The van der Waals surface area contributed by atoms with Gasteiger partial charge in [-0.15, -0.1) is 0 Å². The first-order valence-corrected chi connectivity index (χ1v) is 12.8. The number of benzene rings is 1. The highest BCUT2D eigenvalue weighted by Gasteiger charge is 2.26. The van der Waals surface area contributed by atoms with Gasteiger partial charge in [0.15, 0.2) is 5.16 Å². The Balaban J connectivity index is 1.80. The fourth-order valence-corrected chi connectivity index (χ4v) is 6.21. The summed E-state index contributed by atoms with van der Waals surface area (Å²) in [4.78, 5) is 5.07. The van der Waals surface area contributed by atoms with E-state index in [2.05, 4.69) is 17.6 Å². The molecule has 2 aromatic rings. The van der Waals surface area contributed by atoms with E-state index in [0.29, 0.717) is 18.0 Å². The largest absolute Gasteiger partial charge is 0.319 e. The Morgan fingerprint density at radius 3 is 2.62 bits per heavy atom.